The molecule has 294 valence electrons. The second-order valence-corrected chi connectivity index (χ2v) is 42.8. The Labute approximate surface area is 349 Å². The van der Waals surface area contributed by atoms with Gasteiger partial charge in [0.05, 0.1) is 0 Å². The van der Waals surface area contributed by atoms with Crippen molar-refractivity contribution in [1.82, 2.24) is 0 Å². The fraction of sp³-hybridized carbons (Fsp3) is 0.462. The van der Waals surface area contributed by atoms with E-state index in [2.05, 4.69) is 205 Å². The van der Waals surface area contributed by atoms with Gasteiger partial charge < -0.3 is 0 Å². The molecule has 1 heterocycles. The van der Waals surface area contributed by atoms with Crippen molar-refractivity contribution in [2.24, 2.45) is 0 Å². The molecule has 0 saturated carbocycles. The Morgan fingerprint density at radius 2 is 0.821 bits per heavy atom. The molecule has 0 fully saturated rings. The molecule has 0 spiro atoms. The standard InChI is InChI=1S/C52H68GeSSi2/c1-16-53(17-2,18-3)52-33-44-27-42-30-49-45(23-25-55(34(4)5,35(6)7)36(8)9)47-28-40-21-19-20-22-41(40)29-48(47)46(50(49)31-43(42)32-51(44)54-52)24-26-56(37(10)11,38(12)13)39(14)15/h19-22,27-39H,16-18H2,1-15H3. The van der Waals surface area contributed by atoms with Crippen molar-refractivity contribution >= 4 is 97.6 Å². The molecule has 0 atom stereocenters. The van der Waals surface area contributed by atoms with Gasteiger partial charge in [0.15, 0.2) is 0 Å². The topological polar surface area (TPSA) is 0 Å². The van der Waals surface area contributed by atoms with Crippen LogP contribution in [0.2, 0.25) is 49.0 Å². The molecule has 5 aromatic carbocycles. The molecule has 0 saturated heterocycles. The summed E-state index contributed by atoms with van der Waals surface area (Å²) in [5, 5.41) is 15.7. The molecule has 0 unspecified atom stereocenters. The molecule has 0 N–H and O–H groups in total. The Bertz CT molecular complexity index is 2320. The van der Waals surface area contributed by atoms with Gasteiger partial charge in [0.1, 0.15) is 0 Å². The van der Waals surface area contributed by atoms with Gasteiger partial charge in [-0.15, -0.1) is 0 Å². The first-order valence-corrected chi connectivity index (χ1v) is 32.6. The van der Waals surface area contributed by atoms with Crippen molar-refractivity contribution in [3.63, 3.8) is 0 Å². The van der Waals surface area contributed by atoms with E-state index in [9.17, 15) is 0 Å². The van der Waals surface area contributed by atoms with Gasteiger partial charge in [-0.05, 0) is 0 Å². The van der Waals surface area contributed by atoms with E-state index in [1.165, 1.54) is 80.1 Å². The van der Waals surface area contributed by atoms with E-state index >= 15 is 0 Å². The molecule has 4 heteroatoms. The first kappa shape index (κ1) is 42.8. The van der Waals surface area contributed by atoms with Gasteiger partial charge in [-0.25, -0.2) is 0 Å². The maximum absolute atomic E-state index is 4.19. The molecule has 6 rings (SSSR count). The molecule has 0 aliphatic carbocycles. The fourth-order valence-corrected chi connectivity index (χ4v) is 33.3. The Hall–Kier alpha value is -2.80. The summed E-state index contributed by atoms with van der Waals surface area (Å²) in [5.41, 5.74) is 14.1. The van der Waals surface area contributed by atoms with Crippen LogP contribution in [-0.4, -0.2) is 29.4 Å². The number of benzene rings is 5. The average molecular weight is 854 g/mol. The van der Waals surface area contributed by atoms with Crippen LogP contribution in [0.3, 0.4) is 0 Å². The van der Waals surface area contributed by atoms with E-state index in [0.717, 1.165) is 0 Å². The van der Waals surface area contributed by atoms with Crippen LogP contribution in [-0.2, 0) is 0 Å². The molecule has 0 aliphatic rings. The summed E-state index contributed by atoms with van der Waals surface area (Å²) in [5.74, 6) is 8.13. The van der Waals surface area contributed by atoms with Crippen LogP contribution in [0, 0.1) is 22.9 Å². The van der Waals surface area contributed by atoms with Crippen molar-refractivity contribution in [3.8, 4) is 22.9 Å². The number of fused-ring (bicyclic) bond motifs is 5. The summed E-state index contributed by atoms with van der Waals surface area (Å²) in [6.07, 6.45) is 0. The predicted molar refractivity (Wildman–Crippen MR) is 265 cm³/mol. The van der Waals surface area contributed by atoms with Gasteiger partial charge in [0.2, 0.25) is 0 Å². The zero-order chi connectivity index (χ0) is 40.9. The average Bonchev–Trinajstić information content (AvgIpc) is 3.56. The van der Waals surface area contributed by atoms with Crippen LogP contribution >= 0.6 is 11.3 Å². The van der Waals surface area contributed by atoms with Gasteiger partial charge in [-0.1, -0.05) is 95.2 Å². The molecule has 0 amide bonds. The molecule has 0 aliphatic heterocycles. The van der Waals surface area contributed by atoms with Crippen LogP contribution in [0.1, 0.15) is 115 Å². The molecule has 1 aromatic heterocycles. The fourth-order valence-electron chi connectivity index (χ4n) is 11.2. The first-order valence-electron chi connectivity index (χ1n) is 21.9. The summed E-state index contributed by atoms with van der Waals surface area (Å²) in [4.78, 5) is 0. The monoisotopic (exact) mass is 854 g/mol. The van der Waals surface area contributed by atoms with E-state index in [0.29, 0.717) is 33.2 Å². The van der Waals surface area contributed by atoms with Crippen molar-refractivity contribution < 1.29 is 0 Å². The Balaban J connectivity index is 1.83. The molecular formula is C52H68GeSSi2. The van der Waals surface area contributed by atoms with Crippen LogP contribution in [0.15, 0.2) is 66.7 Å². The molecule has 0 radical (unpaired) electrons. The quantitative estimate of drug-likeness (QED) is 0.0732. The molecule has 0 bridgehead atoms. The summed E-state index contributed by atoms with van der Waals surface area (Å²) >= 11 is -0.0135. The third-order valence-corrected chi connectivity index (χ3v) is 42.1. The normalized spacial score (nSPS) is 13.1. The summed E-state index contributed by atoms with van der Waals surface area (Å²) < 4.78 is 3.15. The third kappa shape index (κ3) is 7.06. The molecule has 0 nitrogen and oxygen atoms in total. The number of thiophene rings is 1. The van der Waals surface area contributed by atoms with E-state index in [1.54, 1.807) is 3.71 Å². The van der Waals surface area contributed by atoms with Gasteiger partial charge in [-0.2, -0.15) is 0 Å². The van der Waals surface area contributed by atoms with Gasteiger partial charge in [-0.3, -0.25) is 0 Å². The predicted octanol–water partition coefficient (Wildman–Crippen LogP) is 16.4. The first-order chi connectivity index (χ1) is 26.5. The minimum absolute atomic E-state index is 0.563. The Morgan fingerprint density at radius 3 is 1.18 bits per heavy atom. The molecule has 6 aromatic rings. The Morgan fingerprint density at radius 1 is 0.464 bits per heavy atom. The molecular weight excluding hydrogens is 785 g/mol. The van der Waals surface area contributed by atoms with Crippen LogP contribution < -0.4 is 3.71 Å². The summed E-state index contributed by atoms with van der Waals surface area (Å²) in [7, 11) is -4.05. The van der Waals surface area contributed by atoms with Crippen molar-refractivity contribution in [3.05, 3.63) is 77.9 Å². The number of hydrogen-bond acceptors (Lipinski definition) is 1. The number of hydrogen-bond donors (Lipinski definition) is 0. The van der Waals surface area contributed by atoms with E-state index in [1.807, 2.05) is 0 Å². The minimum atomic E-state index is -2.11. The Kier molecular flexibility index (Phi) is 12.6. The van der Waals surface area contributed by atoms with Crippen LogP contribution in [0.5, 0.6) is 0 Å². The van der Waals surface area contributed by atoms with Crippen molar-refractivity contribution in [2.75, 3.05) is 0 Å². The van der Waals surface area contributed by atoms with Crippen LogP contribution in [0.4, 0.5) is 0 Å². The van der Waals surface area contributed by atoms with Gasteiger partial charge in [0.25, 0.3) is 0 Å². The van der Waals surface area contributed by atoms with E-state index < -0.39 is 29.4 Å². The number of rotatable bonds is 10. The second-order valence-electron chi connectivity index (χ2n) is 18.9. The summed E-state index contributed by atoms with van der Waals surface area (Å²) in [6, 6.07) is 26.3. The van der Waals surface area contributed by atoms with E-state index in [-0.39, 0.29) is 0 Å². The zero-order valence-electron chi connectivity index (χ0n) is 37.3. The molecule has 56 heavy (non-hydrogen) atoms. The summed E-state index contributed by atoms with van der Waals surface area (Å²) in [6.45, 7) is 36.5. The zero-order valence-corrected chi connectivity index (χ0v) is 42.3. The second kappa shape index (κ2) is 16.5. The van der Waals surface area contributed by atoms with Crippen LogP contribution in [0.25, 0.3) is 53.2 Å². The SMILES string of the molecule is C[CH2][Ge]([CH2]C)([CH2]C)[c]1cc2cc3cc4c(C#C[Si](C(C)C)(C(C)C)C(C)C)c5cc6ccccc6cc5c(C#C[Si](C(C)C)(C(C)C)C(C)C)c4cc3cc2s1. The van der Waals surface area contributed by atoms with Gasteiger partial charge in [0, 0.05) is 0 Å². The van der Waals surface area contributed by atoms with Crippen molar-refractivity contribution in [2.45, 2.75) is 153 Å². The maximum atomic E-state index is 4.19. The van der Waals surface area contributed by atoms with Crippen molar-refractivity contribution in [1.29, 1.82) is 0 Å². The van der Waals surface area contributed by atoms with E-state index in [4.69, 9.17) is 0 Å². The van der Waals surface area contributed by atoms with Gasteiger partial charge >= 0.3 is 256 Å². The third-order valence-electron chi connectivity index (χ3n) is 14.7.